The molecule has 0 fully saturated rings. The first-order valence-electron chi connectivity index (χ1n) is 3.53. The Bertz CT molecular complexity index is 390. The molecule has 0 unspecified atom stereocenters. The molecule has 0 aliphatic heterocycles. The smallest absolute Gasteiger partial charge is 0.235 e. The van der Waals surface area contributed by atoms with Gasteiger partial charge in [0, 0.05) is 9.13 Å². The van der Waals surface area contributed by atoms with Crippen LogP contribution in [-0.2, 0) is 5.88 Å². The van der Waals surface area contributed by atoms with Crippen molar-refractivity contribution in [3.63, 3.8) is 0 Å². The van der Waals surface area contributed by atoms with Crippen molar-refractivity contribution in [3.8, 4) is 6.07 Å². The van der Waals surface area contributed by atoms with E-state index in [1.807, 2.05) is 0 Å². The first-order chi connectivity index (χ1) is 6.60. The number of aromatic nitrogens is 1. The zero-order chi connectivity index (χ0) is 10.7. The van der Waals surface area contributed by atoms with Gasteiger partial charge in [0.15, 0.2) is 0 Å². The molecule has 1 aromatic heterocycles. The van der Waals surface area contributed by atoms with Gasteiger partial charge in [-0.1, -0.05) is 0 Å². The third-order valence-corrected chi connectivity index (χ3v) is 2.69. The van der Waals surface area contributed by atoms with E-state index in [0.717, 1.165) is 0 Å². The average molecular weight is 328 g/mol. The minimum Gasteiger partial charge on any atom is -0.235 e. The van der Waals surface area contributed by atoms with Crippen LogP contribution in [0.5, 0.6) is 0 Å². The third kappa shape index (κ3) is 2.30. The molecular formula is C8H4ClF2IN2. The number of nitriles is 1. The summed E-state index contributed by atoms with van der Waals surface area (Å²) in [5.74, 6) is 0.0927. The van der Waals surface area contributed by atoms with E-state index in [0.29, 0.717) is 9.13 Å². The molecule has 1 heterocycles. The fourth-order valence-electron chi connectivity index (χ4n) is 0.893. The highest BCUT2D eigenvalue weighted by molar-refractivity contribution is 14.1. The lowest BCUT2D eigenvalue weighted by molar-refractivity contribution is 0.145. The number of halogens is 4. The Morgan fingerprint density at radius 2 is 2.29 bits per heavy atom. The quantitative estimate of drug-likeness (QED) is 0.617. The summed E-state index contributed by atoms with van der Waals surface area (Å²) in [6.45, 7) is 0. The van der Waals surface area contributed by atoms with Crippen molar-refractivity contribution in [2.45, 2.75) is 12.3 Å². The maximum absolute atomic E-state index is 12.4. The van der Waals surface area contributed by atoms with Gasteiger partial charge in [0.2, 0.25) is 0 Å². The van der Waals surface area contributed by atoms with Crippen LogP contribution in [0.2, 0.25) is 0 Å². The molecule has 74 valence electrons. The van der Waals surface area contributed by atoms with E-state index in [1.165, 1.54) is 6.07 Å². The van der Waals surface area contributed by atoms with Gasteiger partial charge >= 0.3 is 0 Å². The minimum absolute atomic E-state index is 0.0317. The SMILES string of the molecule is N#Cc1nc(C(F)F)c(I)cc1CCl. The molecule has 1 rings (SSSR count). The van der Waals surface area contributed by atoms with E-state index in [1.54, 1.807) is 28.7 Å². The Hall–Kier alpha value is -0.480. The monoisotopic (exact) mass is 328 g/mol. The molecule has 0 atom stereocenters. The lowest BCUT2D eigenvalue weighted by atomic mass is 10.2. The largest absolute Gasteiger partial charge is 0.281 e. The second-order valence-electron chi connectivity index (χ2n) is 2.41. The molecule has 0 bridgehead atoms. The number of nitrogens with zero attached hydrogens (tertiary/aromatic N) is 2. The predicted molar refractivity (Wildman–Crippen MR) is 56.2 cm³/mol. The van der Waals surface area contributed by atoms with Crippen LogP contribution >= 0.6 is 34.2 Å². The van der Waals surface area contributed by atoms with Gasteiger partial charge in [-0.2, -0.15) is 5.26 Å². The van der Waals surface area contributed by atoms with E-state index in [2.05, 4.69) is 4.98 Å². The van der Waals surface area contributed by atoms with Crippen LogP contribution in [-0.4, -0.2) is 4.98 Å². The maximum Gasteiger partial charge on any atom is 0.281 e. The van der Waals surface area contributed by atoms with Gasteiger partial charge in [0.25, 0.3) is 6.43 Å². The number of rotatable bonds is 2. The zero-order valence-corrected chi connectivity index (χ0v) is 9.68. The van der Waals surface area contributed by atoms with Crippen LogP contribution in [0.4, 0.5) is 8.78 Å². The van der Waals surface area contributed by atoms with E-state index in [9.17, 15) is 8.78 Å². The first-order valence-corrected chi connectivity index (χ1v) is 5.15. The van der Waals surface area contributed by atoms with Crippen molar-refractivity contribution >= 4 is 34.2 Å². The minimum atomic E-state index is -2.67. The van der Waals surface area contributed by atoms with Crippen molar-refractivity contribution in [3.05, 3.63) is 26.6 Å². The standard InChI is InChI=1S/C8H4ClF2IN2/c9-2-4-1-5(12)7(8(10)11)14-6(4)3-13/h1,8H,2H2. The highest BCUT2D eigenvalue weighted by atomic mass is 127. The second kappa shape index (κ2) is 4.84. The summed E-state index contributed by atoms with van der Waals surface area (Å²) in [7, 11) is 0. The highest BCUT2D eigenvalue weighted by Gasteiger charge is 2.16. The van der Waals surface area contributed by atoms with Crippen LogP contribution in [0.1, 0.15) is 23.4 Å². The van der Waals surface area contributed by atoms with E-state index >= 15 is 0 Å². The molecule has 0 amide bonds. The average Bonchev–Trinajstić information content (AvgIpc) is 2.16. The van der Waals surface area contributed by atoms with Crippen LogP contribution in [0.15, 0.2) is 6.07 Å². The Kier molecular flexibility index (Phi) is 4.01. The van der Waals surface area contributed by atoms with Gasteiger partial charge in [0.05, 0.1) is 5.88 Å². The first kappa shape index (κ1) is 11.6. The van der Waals surface area contributed by atoms with Crippen LogP contribution in [0.3, 0.4) is 0 Å². The summed E-state index contributed by atoms with van der Waals surface area (Å²) >= 11 is 7.28. The molecule has 0 saturated carbocycles. The van der Waals surface area contributed by atoms with Crippen molar-refractivity contribution in [2.24, 2.45) is 0 Å². The number of hydrogen-bond acceptors (Lipinski definition) is 2. The lowest BCUT2D eigenvalue weighted by Gasteiger charge is -2.05. The van der Waals surface area contributed by atoms with Gasteiger partial charge in [-0.15, -0.1) is 11.6 Å². The molecule has 6 heteroatoms. The van der Waals surface area contributed by atoms with Crippen molar-refractivity contribution in [1.29, 1.82) is 5.26 Å². The summed E-state index contributed by atoms with van der Waals surface area (Å²) in [6, 6.07) is 3.20. The van der Waals surface area contributed by atoms with Gasteiger partial charge in [-0.25, -0.2) is 13.8 Å². The van der Waals surface area contributed by atoms with Crippen molar-refractivity contribution in [1.82, 2.24) is 4.98 Å². The number of hydrogen-bond donors (Lipinski definition) is 0. The Morgan fingerprint density at radius 1 is 1.64 bits per heavy atom. The molecule has 0 saturated heterocycles. The molecule has 2 nitrogen and oxygen atoms in total. The highest BCUT2D eigenvalue weighted by Crippen LogP contribution is 2.25. The molecule has 1 aromatic rings. The predicted octanol–water partition coefficient (Wildman–Crippen LogP) is 3.23. The summed E-state index contributed by atoms with van der Waals surface area (Å²) in [6.07, 6.45) is -2.67. The van der Waals surface area contributed by atoms with Crippen LogP contribution in [0, 0.1) is 14.9 Å². The molecule has 14 heavy (non-hydrogen) atoms. The molecular weight excluding hydrogens is 324 g/mol. The normalized spacial score (nSPS) is 10.3. The fourth-order valence-corrected chi connectivity index (χ4v) is 1.83. The van der Waals surface area contributed by atoms with Gasteiger partial charge in [0.1, 0.15) is 17.5 Å². The van der Waals surface area contributed by atoms with E-state index < -0.39 is 6.43 Å². The maximum atomic E-state index is 12.4. The topological polar surface area (TPSA) is 36.7 Å². The van der Waals surface area contributed by atoms with Gasteiger partial charge < -0.3 is 0 Å². The molecule has 0 aliphatic rings. The van der Waals surface area contributed by atoms with Crippen molar-refractivity contribution in [2.75, 3.05) is 0 Å². The van der Waals surface area contributed by atoms with Gasteiger partial charge in [-0.05, 0) is 28.7 Å². The molecule has 0 N–H and O–H groups in total. The molecule has 0 radical (unpaired) electrons. The Morgan fingerprint density at radius 3 is 2.71 bits per heavy atom. The summed E-state index contributed by atoms with van der Waals surface area (Å²) in [4.78, 5) is 3.56. The van der Waals surface area contributed by atoms with Gasteiger partial charge in [-0.3, -0.25) is 0 Å². The van der Waals surface area contributed by atoms with Crippen LogP contribution in [0.25, 0.3) is 0 Å². The summed E-state index contributed by atoms with van der Waals surface area (Å²) < 4.78 is 25.1. The van der Waals surface area contributed by atoms with Crippen LogP contribution < -0.4 is 0 Å². The molecule has 0 aliphatic carbocycles. The Labute approximate surface area is 98.0 Å². The number of alkyl halides is 3. The number of pyridine rings is 1. The molecule has 0 spiro atoms. The second-order valence-corrected chi connectivity index (χ2v) is 3.84. The van der Waals surface area contributed by atoms with E-state index in [4.69, 9.17) is 16.9 Å². The summed E-state index contributed by atoms with van der Waals surface area (Å²) in [5.41, 5.74) is 0.0784. The molecule has 0 aromatic carbocycles. The zero-order valence-electron chi connectivity index (χ0n) is 6.77. The van der Waals surface area contributed by atoms with Crippen molar-refractivity contribution < 1.29 is 8.78 Å². The lowest BCUT2D eigenvalue weighted by Crippen LogP contribution is -2.01. The fraction of sp³-hybridized carbons (Fsp3) is 0.250. The third-order valence-electron chi connectivity index (χ3n) is 1.54. The Balaban J connectivity index is 3.32. The summed E-state index contributed by atoms with van der Waals surface area (Å²) in [5, 5.41) is 8.63. The van der Waals surface area contributed by atoms with E-state index in [-0.39, 0.29) is 17.3 Å².